The maximum Gasteiger partial charge on any atom is 0.410 e. The minimum atomic E-state index is -2.01. The van der Waals surface area contributed by atoms with Crippen molar-refractivity contribution in [2.75, 3.05) is 13.7 Å². The number of hydrogen-bond donors (Lipinski definition) is 0. The lowest BCUT2D eigenvalue weighted by atomic mass is 9.84. The van der Waals surface area contributed by atoms with Crippen LogP contribution in [0.1, 0.15) is 69.5 Å². The lowest BCUT2D eigenvalue weighted by Gasteiger charge is -2.32. The molecule has 8 nitrogen and oxygen atoms in total. The third-order valence-electron chi connectivity index (χ3n) is 7.20. The number of hydrogen-bond acceptors (Lipinski definition) is 7. The first-order valence-electron chi connectivity index (χ1n) is 12.8. The molecule has 1 aromatic heterocycles. The van der Waals surface area contributed by atoms with Crippen LogP contribution in [0, 0.1) is 6.92 Å². The van der Waals surface area contributed by atoms with Crippen molar-refractivity contribution < 1.29 is 32.7 Å². The zero-order valence-electron chi connectivity index (χ0n) is 21.3. The van der Waals surface area contributed by atoms with Gasteiger partial charge in [-0.25, -0.2) is 14.0 Å². The molecule has 1 aromatic carbocycles. The third kappa shape index (κ3) is 5.82. The summed E-state index contributed by atoms with van der Waals surface area (Å²) in [6, 6.07) is 7.42. The van der Waals surface area contributed by atoms with Gasteiger partial charge in [0, 0.05) is 25.1 Å². The lowest BCUT2D eigenvalue weighted by molar-refractivity contribution is -0.161. The first kappa shape index (κ1) is 26.0. The highest BCUT2D eigenvalue weighted by Gasteiger charge is 2.45. The van der Waals surface area contributed by atoms with Crippen LogP contribution in [0.4, 0.5) is 9.18 Å². The topological polar surface area (TPSA) is 91.1 Å². The minimum Gasteiger partial charge on any atom is -0.490 e. The molecule has 36 heavy (non-hydrogen) atoms. The molecule has 2 fully saturated rings. The molecular weight excluding hydrogens is 467 g/mol. The Morgan fingerprint density at radius 2 is 1.86 bits per heavy atom. The fourth-order valence-corrected chi connectivity index (χ4v) is 5.06. The van der Waals surface area contributed by atoms with Gasteiger partial charge in [0.15, 0.2) is 5.76 Å². The second-order valence-electron chi connectivity index (χ2n) is 9.73. The Balaban J connectivity index is 1.38. The molecule has 2 aliphatic carbocycles. The molecule has 4 rings (SSSR count). The van der Waals surface area contributed by atoms with Gasteiger partial charge in [-0.15, -0.1) is 0 Å². The highest BCUT2D eigenvalue weighted by molar-refractivity contribution is 5.79. The maximum absolute atomic E-state index is 15.1. The molecule has 1 amide bonds. The quantitative estimate of drug-likeness (QED) is 0.424. The van der Waals surface area contributed by atoms with Crippen molar-refractivity contribution in [2.45, 2.75) is 89.6 Å². The summed E-state index contributed by atoms with van der Waals surface area (Å²) in [5.41, 5.74) is 0.116. The number of carbonyl (C=O) groups is 2. The van der Waals surface area contributed by atoms with Crippen LogP contribution in [0.3, 0.4) is 0 Å². The summed E-state index contributed by atoms with van der Waals surface area (Å²) in [5.74, 6) is 0.286. The van der Waals surface area contributed by atoms with E-state index in [1.54, 1.807) is 31.0 Å². The maximum atomic E-state index is 15.1. The van der Waals surface area contributed by atoms with Crippen molar-refractivity contribution >= 4 is 12.1 Å². The van der Waals surface area contributed by atoms with E-state index < -0.39 is 17.7 Å². The predicted octanol–water partition coefficient (Wildman–Crippen LogP) is 5.75. The van der Waals surface area contributed by atoms with Crippen LogP contribution in [0.2, 0.25) is 0 Å². The Labute approximate surface area is 211 Å². The van der Waals surface area contributed by atoms with E-state index in [9.17, 15) is 9.59 Å². The number of ether oxygens (including phenoxy) is 3. The molecule has 2 unspecified atom stereocenters. The van der Waals surface area contributed by atoms with Gasteiger partial charge in [0.1, 0.15) is 18.5 Å². The molecule has 196 valence electrons. The van der Waals surface area contributed by atoms with Crippen molar-refractivity contribution in [3.8, 4) is 17.1 Å². The van der Waals surface area contributed by atoms with Gasteiger partial charge in [0.2, 0.25) is 5.67 Å². The van der Waals surface area contributed by atoms with Crippen LogP contribution in [-0.4, -0.2) is 53.6 Å². The minimum absolute atomic E-state index is 0.0281. The standard InChI is InChI=1S/C27H35FN2O6/c1-4-33-25(31)27(28)15-7-10-22(16-27)35-21-13-11-19(12-14-21)24-23(18(2)29-36-24)17-34-26(32)30(3)20-8-5-6-9-20/h11-14,20,22H,4-10,15-17H2,1-3H3. The van der Waals surface area contributed by atoms with E-state index in [0.29, 0.717) is 35.6 Å². The van der Waals surface area contributed by atoms with Gasteiger partial charge in [0.05, 0.1) is 17.9 Å². The monoisotopic (exact) mass is 502 g/mol. The molecule has 2 atom stereocenters. The van der Waals surface area contributed by atoms with Crippen molar-refractivity contribution in [3.05, 3.63) is 35.5 Å². The fourth-order valence-electron chi connectivity index (χ4n) is 5.06. The number of rotatable bonds is 8. The van der Waals surface area contributed by atoms with Crippen LogP contribution < -0.4 is 4.74 Å². The summed E-state index contributed by atoms with van der Waals surface area (Å²) in [5, 5.41) is 4.06. The predicted molar refractivity (Wildman–Crippen MR) is 130 cm³/mol. The highest BCUT2D eigenvalue weighted by Crippen LogP contribution is 2.36. The van der Waals surface area contributed by atoms with Gasteiger partial charge < -0.3 is 23.6 Å². The van der Waals surface area contributed by atoms with E-state index in [1.165, 1.54) is 0 Å². The zero-order valence-corrected chi connectivity index (χ0v) is 21.3. The van der Waals surface area contributed by atoms with Crippen LogP contribution in [-0.2, 0) is 20.9 Å². The van der Waals surface area contributed by atoms with E-state index in [1.807, 2.05) is 19.1 Å². The van der Waals surface area contributed by atoms with Crippen LogP contribution >= 0.6 is 0 Å². The van der Waals surface area contributed by atoms with Crippen molar-refractivity contribution in [3.63, 3.8) is 0 Å². The average molecular weight is 503 g/mol. The van der Waals surface area contributed by atoms with Gasteiger partial charge in [-0.2, -0.15) is 0 Å². The second-order valence-corrected chi connectivity index (χ2v) is 9.73. The molecule has 0 bridgehead atoms. The van der Waals surface area contributed by atoms with E-state index in [0.717, 1.165) is 31.2 Å². The largest absolute Gasteiger partial charge is 0.490 e. The second kappa shape index (κ2) is 11.3. The summed E-state index contributed by atoms with van der Waals surface area (Å²) in [6.45, 7) is 3.69. The number of benzene rings is 1. The average Bonchev–Trinajstić information content (AvgIpc) is 3.53. The van der Waals surface area contributed by atoms with Gasteiger partial charge in [-0.3, -0.25) is 0 Å². The SMILES string of the molecule is CCOC(=O)C1(F)CCCC(Oc2ccc(-c3onc(C)c3COC(=O)N(C)C3CCCC3)cc2)C1. The Hall–Kier alpha value is -3.10. The molecule has 2 aromatic rings. The smallest absolute Gasteiger partial charge is 0.410 e. The zero-order chi connectivity index (χ0) is 25.7. The molecule has 0 spiro atoms. The first-order valence-corrected chi connectivity index (χ1v) is 12.8. The summed E-state index contributed by atoms with van der Waals surface area (Å²) < 4.78 is 37.1. The lowest BCUT2D eigenvalue weighted by Crippen LogP contribution is -2.43. The van der Waals surface area contributed by atoms with Crippen LogP contribution in [0.5, 0.6) is 5.75 Å². The molecule has 2 aliphatic rings. The Morgan fingerprint density at radius 1 is 1.14 bits per heavy atom. The Bertz CT molecular complexity index is 1050. The Kier molecular flexibility index (Phi) is 8.16. The van der Waals surface area contributed by atoms with Crippen molar-refractivity contribution in [1.29, 1.82) is 0 Å². The number of nitrogens with zero attached hydrogens (tertiary/aromatic N) is 2. The van der Waals surface area contributed by atoms with Crippen molar-refractivity contribution in [1.82, 2.24) is 10.1 Å². The molecule has 1 heterocycles. The molecule has 0 aliphatic heterocycles. The number of esters is 1. The number of alkyl halides is 1. The van der Waals surface area contributed by atoms with E-state index >= 15 is 4.39 Å². The highest BCUT2D eigenvalue weighted by atomic mass is 19.1. The van der Waals surface area contributed by atoms with E-state index in [-0.39, 0.29) is 38.2 Å². The number of aryl methyl sites for hydroxylation is 1. The van der Waals surface area contributed by atoms with E-state index in [4.69, 9.17) is 18.7 Å². The Morgan fingerprint density at radius 3 is 2.56 bits per heavy atom. The number of halogens is 1. The molecule has 0 saturated heterocycles. The van der Waals surface area contributed by atoms with Gasteiger partial charge in [-0.1, -0.05) is 18.0 Å². The summed E-state index contributed by atoms with van der Waals surface area (Å²) in [4.78, 5) is 26.3. The molecule has 2 saturated carbocycles. The molecular formula is C27H35FN2O6. The number of carbonyl (C=O) groups excluding carboxylic acids is 2. The van der Waals surface area contributed by atoms with Crippen molar-refractivity contribution in [2.24, 2.45) is 0 Å². The molecule has 0 radical (unpaired) electrons. The number of amides is 1. The summed E-state index contributed by atoms with van der Waals surface area (Å²) in [7, 11) is 1.78. The summed E-state index contributed by atoms with van der Waals surface area (Å²) >= 11 is 0. The van der Waals surface area contributed by atoms with Gasteiger partial charge in [-0.05, 0) is 70.2 Å². The first-order chi connectivity index (χ1) is 17.3. The molecule has 9 heteroatoms. The van der Waals surface area contributed by atoms with Crippen LogP contribution in [0.25, 0.3) is 11.3 Å². The third-order valence-corrected chi connectivity index (χ3v) is 7.20. The summed E-state index contributed by atoms with van der Waals surface area (Å²) in [6.07, 6.45) is 4.86. The number of aromatic nitrogens is 1. The normalized spacial score (nSPS) is 22.3. The molecule has 0 N–H and O–H groups in total. The van der Waals surface area contributed by atoms with Gasteiger partial charge in [0.25, 0.3) is 0 Å². The fraction of sp³-hybridized carbons (Fsp3) is 0.593. The van der Waals surface area contributed by atoms with Crippen LogP contribution in [0.15, 0.2) is 28.8 Å². The van der Waals surface area contributed by atoms with E-state index in [2.05, 4.69) is 5.16 Å². The van der Waals surface area contributed by atoms with Gasteiger partial charge >= 0.3 is 12.1 Å².